The number of benzene rings is 1. The number of pyridine rings is 1. The van der Waals surface area contributed by atoms with E-state index in [0.717, 1.165) is 0 Å². The summed E-state index contributed by atoms with van der Waals surface area (Å²) in [7, 11) is -3.29. The molecular weight excluding hydrogens is 466 g/mol. The van der Waals surface area contributed by atoms with E-state index in [0.29, 0.717) is 47.7 Å². The Labute approximate surface area is 203 Å². The Morgan fingerprint density at radius 1 is 1.17 bits per heavy atom. The van der Waals surface area contributed by atoms with E-state index in [9.17, 15) is 18.0 Å². The number of rotatable bonds is 8. The van der Waals surface area contributed by atoms with Gasteiger partial charge in [-0.3, -0.25) is 9.59 Å². The molecule has 182 valence electrons. The molecule has 0 fully saturated rings. The van der Waals surface area contributed by atoms with Crippen molar-refractivity contribution in [1.29, 1.82) is 5.41 Å². The average molecular weight is 494 g/mol. The highest BCUT2D eigenvalue weighted by atomic mass is 32.2. The molecule has 1 amide bonds. The number of fused-ring (bicyclic) bond motifs is 1. The molecule has 3 aromatic rings. The van der Waals surface area contributed by atoms with Crippen LogP contribution in [-0.2, 0) is 27.5 Å². The van der Waals surface area contributed by atoms with Gasteiger partial charge in [-0.15, -0.1) is 0 Å². The lowest BCUT2D eigenvalue weighted by atomic mass is 9.66. The molecule has 1 aromatic carbocycles. The molecule has 1 aliphatic rings. The number of carbonyl (C=O) groups excluding carboxylic acids is 2. The van der Waals surface area contributed by atoms with E-state index in [2.05, 4.69) is 20.3 Å². The molecule has 0 radical (unpaired) electrons. The molecule has 10 heteroatoms. The van der Waals surface area contributed by atoms with Crippen LogP contribution in [0.1, 0.15) is 54.1 Å². The van der Waals surface area contributed by atoms with Crippen molar-refractivity contribution in [3.63, 3.8) is 0 Å². The van der Waals surface area contributed by atoms with Gasteiger partial charge in [0.1, 0.15) is 5.82 Å². The molecule has 2 heterocycles. The van der Waals surface area contributed by atoms with Crippen molar-refractivity contribution in [2.24, 2.45) is 5.41 Å². The second-order valence-corrected chi connectivity index (χ2v) is 10.8. The van der Waals surface area contributed by atoms with E-state index in [1.165, 1.54) is 12.1 Å². The molecule has 2 aromatic heterocycles. The van der Waals surface area contributed by atoms with Crippen LogP contribution in [0.15, 0.2) is 53.7 Å². The smallest absolute Gasteiger partial charge is 0.229 e. The van der Waals surface area contributed by atoms with Crippen molar-refractivity contribution in [3.05, 3.63) is 71.4 Å². The molecule has 0 spiro atoms. The van der Waals surface area contributed by atoms with Crippen molar-refractivity contribution in [2.45, 2.75) is 44.4 Å². The Hall–Kier alpha value is -3.66. The summed E-state index contributed by atoms with van der Waals surface area (Å²) in [6.45, 7) is 3.48. The van der Waals surface area contributed by atoms with Crippen LogP contribution in [0.2, 0.25) is 0 Å². The summed E-state index contributed by atoms with van der Waals surface area (Å²) >= 11 is 0. The summed E-state index contributed by atoms with van der Waals surface area (Å²) in [5.41, 5.74) is 0.943. The molecule has 0 saturated heterocycles. The molecule has 0 aliphatic heterocycles. The second-order valence-electron chi connectivity index (χ2n) is 8.54. The fourth-order valence-electron chi connectivity index (χ4n) is 4.41. The molecule has 4 rings (SSSR count). The van der Waals surface area contributed by atoms with Gasteiger partial charge in [-0.25, -0.2) is 18.4 Å². The quantitative estimate of drug-likeness (QED) is 0.410. The van der Waals surface area contributed by atoms with Gasteiger partial charge < -0.3 is 15.7 Å². The number of aromatic nitrogens is 3. The third kappa shape index (κ3) is 4.66. The minimum atomic E-state index is -3.29. The third-order valence-corrected chi connectivity index (χ3v) is 8.30. The van der Waals surface area contributed by atoms with Gasteiger partial charge in [-0.05, 0) is 49.1 Å². The third-order valence-electron chi connectivity index (χ3n) is 6.55. The number of amides is 1. The first-order chi connectivity index (χ1) is 16.7. The zero-order valence-corrected chi connectivity index (χ0v) is 20.4. The monoisotopic (exact) mass is 493 g/mol. The van der Waals surface area contributed by atoms with E-state index in [4.69, 9.17) is 5.41 Å². The number of Topliss-reactive ketones (excluding diaryl/α,β-unsaturated/α-hetero) is 1. The first-order valence-electron chi connectivity index (χ1n) is 11.4. The SMILES string of the molecule is CCC1(C(=N)c2ncc[nH]2)CCc2nc(NC(=O)Cc3ccc(S(=O)(=O)CC)cc3)ccc2C1=O. The Balaban J connectivity index is 1.47. The predicted molar refractivity (Wildman–Crippen MR) is 132 cm³/mol. The van der Waals surface area contributed by atoms with Crippen LogP contribution < -0.4 is 5.32 Å². The summed E-state index contributed by atoms with van der Waals surface area (Å²) in [5.74, 6) is 0.295. The van der Waals surface area contributed by atoms with E-state index in [-0.39, 0.29) is 34.5 Å². The van der Waals surface area contributed by atoms with Gasteiger partial charge in [-0.2, -0.15) is 0 Å². The number of sulfone groups is 1. The van der Waals surface area contributed by atoms with Crippen LogP contribution >= 0.6 is 0 Å². The minimum Gasteiger partial charge on any atom is -0.344 e. The first kappa shape index (κ1) is 24.5. The zero-order chi connectivity index (χ0) is 25.2. The normalized spacial score (nSPS) is 17.6. The van der Waals surface area contributed by atoms with Crippen LogP contribution in [0.5, 0.6) is 0 Å². The molecule has 0 saturated carbocycles. The Kier molecular flexibility index (Phi) is 6.66. The van der Waals surface area contributed by atoms with Gasteiger partial charge in [-0.1, -0.05) is 26.0 Å². The van der Waals surface area contributed by atoms with Gasteiger partial charge in [0.25, 0.3) is 0 Å². The number of ketones is 1. The van der Waals surface area contributed by atoms with Gasteiger partial charge in [0.2, 0.25) is 5.91 Å². The van der Waals surface area contributed by atoms with E-state index in [1.54, 1.807) is 43.6 Å². The number of anilines is 1. The first-order valence-corrected chi connectivity index (χ1v) is 13.1. The number of hydrogen-bond acceptors (Lipinski definition) is 7. The molecular formula is C25H27N5O4S. The molecule has 35 heavy (non-hydrogen) atoms. The van der Waals surface area contributed by atoms with Gasteiger partial charge in [0, 0.05) is 18.0 Å². The Morgan fingerprint density at radius 3 is 2.54 bits per heavy atom. The largest absolute Gasteiger partial charge is 0.344 e. The van der Waals surface area contributed by atoms with Crippen molar-refractivity contribution in [2.75, 3.05) is 11.1 Å². The number of aryl methyl sites for hydroxylation is 1. The van der Waals surface area contributed by atoms with Gasteiger partial charge in [0.15, 0.2) is 21.4 Å². The maximum Gasteiger partial charge on any atom is 0.229 e. The van der Waals surface area contributed by atoms with E-state index in [1.807, 2.05) is 6.92 Å². The van der Waals surface area contributed by atoms with Crippen LogP contribution in [0.3, 0.4) is 0 Å². The van der Waals surface area contributed by atoms with Crippen molar-refractivity contribution < 1.29 is 18.0 Å². The van der Waals surface area contributed by atoms with E-state index >= 15 is 0 Å². The number of hydrogen-bond donors (Lipinski definition) is 3. The van der Waals surface area contributed by atoms with Crippen molar-refractivity contribution >= 4 is 33.1 Å². The standard InChI is InChI=1S/C25H27N5O4S/c1-3-25(22(26)24-27-13-14-28-24)12-11-19-18(23(25)32)9-10-20(29-19)30-21(31)15-16-5-7-17(8-6-16)35(33,34)4-2/h5-10,13-14,26H,3-4,11-12,15H2,1-2H3,(H,27,28)(H,29,30,31). The predicted octanol–water partition coefficient (Wildman–Crippen LogP) is 3.37. The highest BCUT2D eigenvalue weighted by Crippen LogP contribution is 2.40. The van der Waals surface area contributed by atoms with E-state index < -0.39 is 15.3 Å². The summed E-state index contributed by atoms with van der Waals surface area (Å²) in [5, 5.41) is 11.4. The molecule has 1 unspecified atom stereocenters. The number of nitrogens with one attached hydrogen (secondary N) is 3. The summed E-state index contributed by atoms with van der Waals surface area (Å²) in [6.07, 6.45) is 4.66. The molecule has 9 nitrogen and oxygen atoms in total. The fraction of sp³-hybridized carbons (Fsp3) is 0.320. The number of imidazole rings is 1. The maximum absolute atomic E-state index is 13.4. The molecule has 1 atom stereocenters. The van der Waals surface area contributed by atoms with Gasteiger partial charge in [0.05, 0.1) is 33.9 Å². The summed E-state index contributed by atoms with van der Waals surface area (Å²) in [4.78, 5) is 37.8. The van der Waals surface area contributed by atoms with Crippen molar-refractivity contribution in [3.8, 4) is 0 Å². The number of H-pyrrole nitrogens is 1. The number of nitrogens with zero attached hydrogens (tertiary/aromatic N) is 2. The van der Waals surface area contributed by atoms with Crippen molar-refractivity contribution in [1.82, 2.24) is 15.0 Å². The lowest BCUT2D eigenvalue weighted by molar-refractivity contribution is -0.115. The average Bonchev–Trinajstić information content (AvgIpc) is 3.39. The second kappa shape index (κ2) is 9.53. The lowest BCUT2D eigenvalue weighted by Gasteiger charge is -2.35. The van der Waals surface area contributed by atoms with Gasteiger partial charge >= 0.3 is 0 Å². The van der Waals surface area contributed by atoms with Crippen LogP contribution in [0, 0.1) is 10.8 Å². The maximum atomic E-state index is 13.4. The minimum absolute atomic E-state index is 0.0166. The van der Waals surface area contributed by atoms with Crippen LogP contribution in [-0.4, -0.2) is 46.5 Å². The highest BCUT2D eigenvalue weighted by Gasteiger charge is 2.46. The fourth-order valence-corrected chi connectivity index (χ4v) is 5.29. The highest BCUT2D eigenvalue weighted by molar-refractivity contribution is 7.91. The molecule has 1 aliphatic carbocycles. The molecule has 0 bridgehead atoms. The summed E-state index contributed by atoms with van der Waals surface area (Å²) in [6, 6.07) is 9.51. The lowest BCUT2D eigenvalue weighted by Crippen LogP contribution is -2.43. The zero-order valence-electron chi connectivity index (χ0n) is 19.6. The topological polar surface area (TPSA) is 146 Å². The number of aromatic amines is 1. The van der Waals surface area contributed by atoms with Crippen LogP contribution in [0.25, 0.3) is 0 Å². The summed E-state index contributed by atoms with van der Waals surface area (Å²) < 4.78 is 23.9. The molecule has 3 N–H and O–H groups in total. The Bertz CT molecular complexity index is 1380. The van der Waals surface area contributed by atoms with Crippen LogP contribution in [0.4, 0.5) is 5.82 Å². The Morgan fingerprint density at radius 2 is 1.91 bits per heavy atom. The number of carbonyl (C=O) groups is 2.